The molecule has 1 heterocycles. The molecule has 0 radical (unpaired) electrons. The van der Waals surface area contributed by atoms with Crippen molar-refractivity contribution in [3.8, 4) is 5.75 Å². The van der Waals surface area contributed by atoms with Crippen LogP contribution < -0.4 is 10.5 Å². The van der Waals surface area contributed by atoms with Crippen LogP contribution in [0.2, 0.25) is 0 Å². The number of amides is 1. The number of carbonyl (C=O) groups excluding carboxylic acids is 1. The molecule has 0 aromatic heterocycles. The molecule has 1 aromatic carbocycles. The van der Waals surface area contributed by atoms with E-state index in [1.54, 1.807) is 0 Å². The standard InChI is InChI=1S/C15H22N2O2/c1-12(16)13-7-9-17(11-13)15(18)8-10-19-14-5-3-2-4-6-14/h2-6,12-13H,7-11,16H2,1H3. The number of hydrogen-bond acceptors (Lipinski definition) is 3. The molecule has 104 valence electrons. The lowest BCUT2D eigenvalue weighted by Crippen LogP contribution is -2.33. The predicted molar refractivity (Wildman–Crippen MR) is 74.9 cm³/mol. The SMILES string of the molecule is CC(N)C1CCN(C(=O)CCOc2ccccc2)C1. The Labute approximate surface area is 114 Å². The Morgan fingerprint density at radius 1 is 1.47 bits per heavy atom. The normalized spacial score (nSPS) is 20.3. The lowest BCUT2D eigenvalue weighted by atomic mass is 10.0. The summed E-state index contributed by atoms with van der Waals surface area (Å²) in [5.41, 5.74) is 5.87. The summed E-state index contributed by atoms with van der Waals surface area (Å²) in [6, 6.07) is 9.74. The van der Waals surface area contributed by atoms with E-state index in [-0.39, 0.29) is 11.9 Å². The molecule has 1 fully saturated rings. The Balaban J connectivity index is 1.71. The fourth-order valence-electron chi connectivity index (χ4n) is 2.37. The van der Waals surface area contributed by atoms with E-state index in [0.29, 0.717) is 18.9 Å². The van der Waals surface area contributed by atoms with Crippen molar-refractivity contribution < 1.29 is 9.53 Å². The number of ether oxygens (including phenoxy) is 1. The number of hydrogen-bond donors (Lipinski definition) is 1. The molecular weight excluding hydrogens is 240 g/mol. The average molecular weight is 262 g/mol. The van der Waals surface area contributed by atoms with Crippen LogP contribution in [-0.4, -0.2) is 36.5 Å². The van der Waals surface area contributed by atoms with Gasteiger partial charge in [0.2, 0.25) is 5.91 Å². The number of nitrogens with two attached hydrogens (primary N) is 1. The van der Waals surface area contributed by atoms with Crippen molar-refractivity contribution in [2.75, 3.05) is 19.7 Å². The van der Waals surface area contributed by atoms with Gasteiger partial charge in [0.25, 0.3) is 0 Å². The Bertz CT molecular complexity index is 406. The maximum Gasteiger partial charge on any atom is 0.226 e. The van der Waals surface area contributed by atoms with Crippen molar-refractivity contribution >= 4 is 5.91 Å². The van der Waals surface area contributed by atoms with Crippen molar-refractivity contribution in [2.45, 2.75) is 25.8 Å². The second-order valence-electron chi connectivity index (χ2n) is 5.16. The molecule has 0 aliphatic carbocycles. The van der Waals surface area contributed by atoms with E-state index in [1.807, 2.05) is 42.2 Å². The van der Waals surface area contributed by atoms with Crippen LogP contribution in [0.1, 0.15) is 19.8 Å². The van der Waals surface area contributed by atoms with E-state index >= 15 is 0 Å². The molecule has 1 aliphatic rings. The molecule has 0 saturated carbocycles. The van der Waals surface area contributed by atoms with Gasteiger partial charge in [-0.05, 0) is 31.4 Å². The molecular formula is C15H22N2O2. The highest BCUT2D eigenvalue weighted by molar-refractivity contribution is 5.76. The van der Waals surface area contributed by atoms with Crippen molar-refractivity contribution in [1.29, 1.82) is 0 Å². The molecule has 1 aliphatic heterocycles. The average Bonchev–Trinajstić information content (AvgIpc) is 2.89. The lowest BCUT2D eigenvalue weighted by molar-refractivity contribution is -0.130. The number of rotatable bonds is 5. The maximum atomic E-state index is 12.0. The molecule has 2 atom stereocenters. The van der Waals surface area contributed by atoms with Crippen molar-refractivity contribution in [2.24, 2.45) is 11.7 Å². The Kier molecular flexibility index (Phi) is 4.80. The van der Waals surface area contributed by atoms with Gasteiger partial charge in [-0.15, -0.1) is 0 Å². The third-order valence-corrected chi connectivity index (χ3v) is 3.65. The van der Waals surface area contributed by atoms with Gasteiger partial charge in [-0.3, -0.25) is 4.79 Å². The number of nitrogens with zero attached hydrogens (tertiary/aromatic N) is 1. The minimum atomic E-state index is 0.165. The van der Waals surface area contributed by atoms with Crippen LogP contribution in [0.3, 0.4) is 0 Å². The highest BCUT2D eigenvalue weighted by atomic mass is 16.5. The van der Waals surface area contributed by atoms with E-state index < -0.39 is 0 Å². The predicted octanol–water partition coefficient (Wildman–Crippen LogP) is 1.65. The molecule has 2 unspecified atom stereocenters. The zero-order chi connectivity index (χ0) is 13.7. The molecule has 2 rings (SSSR count). The first kappa shape index (κ1) is 13.9. The van der Waals surface area contributed by atoms with Crippen LogP contribution in [0.25, 0.3) is 0 Å². The van der Waals surface area contributed by atoms with Crippen LogP contribution in [0.5, 0.6) is 5.75 Å². The van der Waals surface area contributed by atoms with Gasteiger partial charge in [0.15, 0.2) is 0 Å². The maximum absolute atomic E-state index is 12.0. The third-order valence-electron chi connectivity index (χ3n) is 3.65. The largest absolute Gasteiger partial charge is 0.493 e. The van der Waals surface area contributed by atoms with Gasteiger partial charge in [-0.25, -0.2) is 0 Å². The van der Waals surface area contributed by atoms with Gasteiger partial charge in [-0.2, -0.15) is 0 Å². The second-order valence-corrected chi connectivity index (χ2v) is 5.16. The van der Waals surface area contributed by atoms with E-state index in [4.69, 9.17) is 10.5 Å². The van der Waals surface area contributed by atoms with Crippen LogP contribution in [0.15, 0.2) is 30.3 Å². The first-order chi connectivity index (χ1) is 9.16. The summed E-state index contributed by atoms with van der Waals surface area (Å²) in [7, 11) is 0. The van der Waals surface area contributed by atoms with Crippen LogP contribution >= 0.6 is 0 Å². The minimum Gasteiger partial charge on any atom is -0.493 e. The first-order valence-electron chi connectivity index (χ1n) is 6.88. The van der Waals surface area contributed by atoms with Gasteiger partial charge in [0.05, 0.1) is 13.0 Å². The van der Waals surface area contributed by atoms with E-state index in [1.165, 1.54) is 0 Å². The Hall–Kier alpha value is -1.55. The van der Waals surface area contributed by atoms with Crippen LogP contribution in [0.4, 0.5) is 0 Å². The molecule has 1 aromatic rings. The first-order valence-corrected chi connectivity index (χ1v) is 6.88. The molecule has 19 heavy (non-hydrogen) atoms. The molecule has 1 saturated heterocycles. The fraction of sp³-hybridized carbons (Fsp3) is 0.533. The number of carbonyl (C=O) groups is 1. The van der Waals surface area contributed by atoms with Gasteiger partial charge < -0.3 is 15.4 Å². The number of likely N-dealkylation sites (tertiary alicyclic amines) is 1. The minimum absolute atomic E-state index is 0.165. The summed E-state index contributed by atoms with van der Waals surface area (Å²) in [6.07, 6.45) is 1.45. The Morgan fingerprint density at radius 3 is 2.84 bits per heavy atom. The van der Waals surface area contributed by atoms with Crippen LogP contribution in [-0.2, 0) is 4.79 Å². The second kappa shape index (κ2) is 6.57. The Morgan fingerprint density at radius 2 is 2.21 bits per heavy atom. The van der Waals surface area contributed by atoms with Gasteiger partial charge in [0, 0.05) is 19.1 Å². The van der Waals surface area contributed by atoms with E-state index in [9.17, 15) is 4.79 Å². The molecule has 0 spiro atoms. The quantitative estimate of drug-likeness (QED) is 0.878. The van der Waals surface area contributed by atoms with Gasteiger partial charge in [-0.1, -0.05) is 18.2 Å². The topological polar surface area (TPSA) is 55.6 Å². The zero-order valence-electron chi connectivity index (χ0n) is 11.4. The van der Waals surface area contributed by atoms with Crippen molar-refractivity contribution in [1.82, 2.24) is 4.90 Å². The van der Waals surface area contributed by atoms with Gasteiger partial charge >= 0.3 is 0 Å². The van der Waals surface area contributed by atoms with Gasteiger partial charge in [0.1, 0.15) is 5.75 Å². The number of benzene rings is 1. The highest BCUT2D eigenvalue weighted by Crippen LogP contribution is 2.19. The monoisotopic (exact) mass is 262 g/mol. The summed E-state index contributed by atoms with van der Waals surface area (Å²) in [6.45, 7) is 4.07. The van der Waals surface area contributed by atoms with Crippen molar-refractivity contribution in [3.63, 3.8) is 0 Å². The highest BCUT2D eigenvalue weighted by Gasteiger charge is 2.27. The van der Waals surface area contributed by atoms with Crippen molar-refractivity contribution in [3.05, 3.63) is 30.3 Å². The summed E-state index contributed by atoms with van der Waals surface area (Å²) >= 11 is 0. The summed E-state index contributed by atoms with van der Waals surface area (Å²) < 4.78 is 5.54. The van der Waals surface area contributed by atoms with Crippen LogP contribution in [0, 0.1) is 5.92 Å². The molecule has 2 N–H and O–H groups in total. The summed E-state index contributed by atoms with van der Waals surface area (Å²) in [5.74, 6) is 1.42. The molecule has 4 heteroatoms. The summed E-state index contributed by atoms with van der Waals surface area (Å²) in [5, 5.41) is 0. The lowest BCUT2D eigenvalue weighted by Gasteiger charge is -2.18. The van der Waals surface area contributed by atoms with E-state index in [2.05, 4.69) is 0 Å². The smallest absolute Gasteiger partial charge is 0.226 e. The zero-order valence-corrected chi connectivity index (χ0v) is 11.4. The van der Waals surface area contributed by atoms with E-state index in [0.717, 1.165) is 25.3 Å². The molecule has 0 bridgehead atoms. The fourth-order valence-corrected chi connectivity index (χ4v) is 2.37. The summed E-state index contributed by atoms with van der Waals surface area (Å²) in [4.78, 5) is 13.9. The molecule has 4 nitrogen and oxygen atoms in total. The third kappa shape index (κ3) is 3.96. The number of para-hydroxylation sites is 1. The molecule has 1 amide bonds.